The van der Waals surface area contributed by atoms with Crippen LogP contribution in [-0.4, -0.2) is 31.2 Å². The molecule has 1 saturated heterocycles. The second-order valence-electron chi connectivity index (χ2n) is 5.69. The average Bonchev–Trinajstić information content (AvgIpc) is 2.47. The van der Waals surface area contributed by atoms with E-state index in [4.69, 9.17) is 10.5 Å². The van der Waals surface area contributed by atoms with Crippen LogP contribution in [0.3, 0.4) is 0 Å². The third kappa shape index (κ3) is 3.03. The predicted molar refractivity (Wildman–Crippen MR) is 79.8 cm³/mol. The molecule has 1 aromatic rings. The molecule has 0 radical (unpaired) electrons. The molecule has 0 spiro atoms. The third-order valence-corrected chi connectivity index (χ3v) is 4.13. The van der Waals surface area contributed by atoms with Crippen molar-refractivity contribution in [2.45, 2.75) is 26.7 Å². The Kier molecular flexibility index (Phi) is 4.47. The molecule has 0 aliphatic carbocycles. The maximum Gasteiger partial charge on any atom is 0.340 e. The fourth-order valence-electron chi connectivity index (χ4n) is 2.71. The van der Waals surface area contributed by atoms with E-state index in [1.165, 1.54) is 13.3 Å². The lowest BCUT2D eigenvalue weighted by Gasteiger charge is -2.34. The molecule has 110 valence electrons. The topological polar surface area (TPSA) is 68.5 Å². The van der Waals surface area contributed by atoms with Crippen LogP contribution in [0.1, 0.15) is 37.0 Å². The van der Waals surface area contributed by atoms with Crippen molar-refractivity contribution >= 4 is 17.5 Å². The van der Waals surface area contributed by atoms with Gasteiger partial charge in [0.25, 0.3) is 0 Å². The summed E-state index contributed by atoms with van der Waals surface area (Å²) in [6.45, 7) is 6.50. The predicted octanol–water partition coefficient (Wildman–Crippen LogP) is 2.32. The number of rotatable bonds is 3. The summed E-state index contributed by atoms with van der Waals surface area (Å²) >= 11 is 0. The van der Waals surface area contributed by atoms with Gasteiger partial charge in [0.05, 0.1) is 24.6 Å². The number of anilines is 2. The number of hydrogen-bond donors (Lipinski definition) is 1. The molecule has 20 heavy (non-hydrogen) atoms. The standard InChI is InChI=1S/C15H23N3O2/c1-10(2)11-4-6-18(7-5-11)14-8-12(15(19)20-3)13(16)9-17-14/h8-11H,4-7,16H2,1-3H3. The summed E-state index contributed by atoms with van der Waals surface area (Å²) in [5, 5.41) is 0. The van der Waals surface area contributed by atoms with E-state index >= 15 is 0 Å². The molecular formula is C15H23N3O2. The molecule has 0 bridgehead atoms. The van der Waals surface area contributed by atoms with Gasteiger partial charge in [0, 0.05) is 13.1 Å². The molecule has 5 nitrogen and oxygen atoms in total. The number of carbonyl (C=O) groups excluding carboxylic acids is 1. The number of methoxy groups -OCH3 is 1. The van der Waals surface area contributed by atoms with E-state index in [2.05, 4.69) is 23.7 Å². The number of nitrogens with two attached hydrogens (primary N) is 1. The maximum atomic E-state index is 11.7. The molecule has 1 aromatic heterocycles. The lowest BCUT2D eigenvalue weighted by molar-refractivity contribution is 0.0602. The van der Waals surface area contributed by atoms with Gasteiger partial charge in [0.2, 0.25) is 0 Å². The number of nitrogens with zero attached hydrogens (tertiary/aromatic N) is 2. The van der Waals surface area contributed by atoms with E-state index < -0.39 is 5.97 Å². The molecule has 0 unspecified atom stereocenters. The van der Waals surface area contributed by atoms with Crippen molar-refractivity contribution in [3.63, 3.8) is 0 Å². The second kappa shape index (κ2) is 6.11. The molecular weight excluding hydrogens is 254 g/mol. The first kappa shape index (κ1) is 14.6. The Morgan fingerprint density at radius 3 is 2.65 bits per heavy atom. The first-order valence-electron chi connectivity index (χ1n) is 7.11. The molecule has 1 fully saturated rings. The normalized spacial score (nSPS) is 16.5. The Balaban J connectivity index is 2.12. The Labute approximate surface area is 120 Å². The van der Waals surface area contributed by atoms with Gasteiger partial charge in [-0.2, -0.15) is 0 Å². The molecule has 1 aliphatic heterocycles. The average molecular weight is 277 g/mol. The number of ether oxygens (including phenoxy) is 1. The van der Waals surface area contributed by atoms with Crippen LogP contribution in [0.5, 0.6) is 0 Å². The fraction of sp³-hybridized carbons (Fsp3) is 0.600. The Hall–Kier alpha value is -1.78. The maximum absolute atomic E-state index is 11.7. The van der Waals surface area contributed by atoms with E-state index in [1.807, 2.05) is 0 Å². The summed E-state index contributed by atoms with van der Waals surface area (Å²) in [7, 11) is 1.36. The minimum Gasteiger partial charge on any atom is -0.465 e. The Bertz CT molecular complexity index is 480. The van der Waals surface area contributed by atoms with Crippen LogP contribution in [0.2, 0.25) is 0 Å². The van der Waals surface area contributed by atoms with Crippen molar-refractivity contribution in [3.8, 4) is 0 Å². The van der Waals surface area contributed by atoms with Gasteiger partial charge in [-0.05, 0) is 30.7 Å². The SMILES string of the molecule is COC(=O)c1cc(N2CCC(C(C)C)CC2)ncc1N. The summed E-state index contributed by atoms with van der Waals surface area (Å²) in [6.07, 6.45) is 3.87. The van der Waals surface area contributed by atoms with Gasteiger partial charge in [-0.3, -0.25) is 0 Å². The lowest BCUT2D eigenvalue weighted by atomic mass is 9.87. The van der Waals surface area contributed by atoms with Crippen molar-refractivity contribution in [2.24, 2.45) is 11.8 Å². The van der Waals surface area contributed by atoms with Gasteiger partial charge in [0.1, 0.15) is 5.82 Å². The van der Waals surface area contributed by atoms with Crippen molar-refractivity contribution in [2.75, 3.05) is 30.8 Å². The van der Waals surface area contributed by atoms with E-state index in [0.29, 0.717) is 11.3 Å². The number of pyridine rings is 1. The molecule has 0 aromatic carbocycles. The van der Waals surface area contributed by atoms with Crippen LogP contribution in [0.25, 0.3) is 0 Å². The summed E-state index contributed by atoms with van der Waals surface area (Å²) in [6, 6.07) is 1.73. The van der Waals surface area contributed by atoms with Gasteiger partial charge in [0.15, 0.2) is 0 Å². The van der Waals surface area contributed by atoms with Crippen molar-refractivity contribution < 1.29 is 9.53 Å². The number of nitrogen functional groups attached to an aromatic ring is 1. The highest BCUT2D eigenvalue weighted by atomic mass is 16.5. The minimum absolute atomic E-state index is 0.359. The molecule has 1 aliphatic rings. The molecule has 2 N–H and O–H groups in total. The molecule has 0 saturated carbocycles. The van der Waals surface area contributed by atoms with Crippen LogP contribution in [0.15, 0.2) is 12.3 Å². The summed E-state index contributed by atoms with van der Waals surface area (Å²) in [5.41, 5.74) is 6.53. The first-order valence-corrected chi connectivity index (χ1v) is 7.11. The van der Waals surface area contributed by atoms with E-state index in [0.717, 1.165) is 43.6 Å². The van der Waals surface area contributed by atoms with Crippen molar-refractivity contribution in [1.82, 2.24) is 4.98 Å². The zero-order valence-electron chi connectivity index (χ0n) is 12.4. The van der Waals surface area contributed by atoms with E-state index in [-0.39, 0.29) is 0 Å². The quantitative estimate of drug-likeness (QED) is 0.859. The number of carbonyl (C=O) groups is 1. The number of piperidine rings is 1. The molecule has 0 amide bonds. The van der Waals surface area contributed by atoms with Gasteiger partial charge >= 0.3 is 5.97 Å². The summed E-state index contributed by atoms with van der Waals surface area (Å²) in [5.74, 6) is 1.90. The van der Waals surface area contributed by atoms with Crippen LogP contribution < -0.4 is 10.6 Å². The van der Waals surface area contributed by atoms with Crippen LogP contribution in [0.4, 0.5) is 11.5 Å². The lowest BCUT2D eigenvalue weighted by Crippen LogP contribution is -2.35. The van der Waals surface area contributed by atoms with Gasteiger partial charge in [-0.1, -0.05) is 13.8 Å². The largest absolute Gasteiger partial charge is 0.465 e. The number of hydrogen-bond acceptors (Lipinski definition) is 5. The molecule has 5 heteroatoms. The highest BCUT2D eigenvalue weighted by Gasteiger charge is 2.23. The number of aromatic nitrogens is 1. The highest BCUT2D eigenvalue weighted by Crippen LogP contribution is 2.28. The van der Waals surface area contributed by atoms with E-state index in [1.54, 1.807) is 6.07 Å². The second-order valence-corrected chi connectivity index (χ2v) is 5.69. The monoisotopic (exact) mass is 277 g/mol. The van der Waals surface area contributed by atoms with Crippen molar-refractivity contribution in [3.05, 3.63) is 17.8 Å². The fourth-order valence-corrected chi connectivity index (χ4v) is 2.71. The van der Waals surface area contributed by atoms with Crippen LogP contribution in [-0.2, 0) is 4.74 Å². The first-order chi connectivity index (χ1) is 9.52. The smallest absolute Gasteiger partial charge is 0.340 e. The zero-order chi connectivity index (χ0) is 14.7. The highest BCUT2D eigenvalue weighted by molar-refractivity contribution is 5.95. The van der Waals surface area contributed by atoms with Gasteiger partial charge < -0.3 is 15.4 Å². The molecule has 2 rings (SSSR count). The van der Waals surface area contributed by atoms with Gasteiger partial charge in [-0.25, -0.2) is 9.78 Å². The third-order valence-electron chi connectivity index (χ3n) is 4.13. The molecule has 2 heterocycles. The van der Waals surface area contributed by atoms with Gasteiger partial charge in [-0.15, -0.1) is 0 Å². The molecule has 0 atom stereocenters. The summed E-state index contributed by atoms with van der Waals surface area (Å²) in [4.78, 5) is 18.2. The van der Waals surface area contributed by atoms with Crippen LogP contribution in [0, 0.1) is 11.8 Å². The number of esters is 1. The zero-order valence-corrected chi connectivity index (χ0v) is 12.4. The minimum atomic E-state index is -0.414. The van der Waals surface area contributed by atoms with Crippen molar-refractivity contribution in [1.29, 1.82) is 0 Å². The Morgan fingerprint density at radius 1 is 1.45 bits per heavy atom. The van der Waals surface area contributed by atoms with E-state index in [9.17, 15) is 4.79 Å². The summed E-state index contributed by atoms with van der Waals surface area (Å²) < 4.78 is 4.74. The van der Waals surface area contributed by atoms with Crippen LogP contribution >= 0.6 is 0 Å². The Morgan fingerprint density at radius 2 is 2.10 bits per heavy atom.